The molecule has 3 aromatic rings. The molecule has 0 saturated heterocycles. The van der Waals surface area contributed by atoms with Gasteiger partial charge >= 0.3 is 6.18 Å². The molecule has 1 fully saturated rings. The smallest absolute Gasteiger partial charge is 0.390 e. The lowest BCUT2D eigenvalue weighted by atomic mass is 9.79. The first-order valence-corrected chi connectivity index (χ1v) is 11.8. The predicted octanol–water partition coefficient (Wildman–Crippen LogP) is 3.78. The number of carbonyl (C=O) groups is 1. The molecule has 0 atom stereocenters. The molecule has 2 aromatic heterocycles. The molecular formula is C21H21F3N4O3S2. The van der Waals surface area contributed by atoms with Gasteiger partial charge in [-0.3, -0.25) is 4.79 Å². The standard InChI is InChI=1S/C21H21F3N4O3S2/c22-21(23,24)13-3-1-11(2-4-13)7-25-14-5-12(6-14)19(31)28-20-27-16(10-32-20)18-15(8-29)26-17(9-30)33-18/h1-4,10,12,14,25,29-30H,5-9H2,(H,27,28,31)/t12-,14+. The molecule has 0 unspecified atom stereocenters. The highest BCUT2D eigenvalue weighted by molar-refractivity contribution is 7.17. The van der Waals surface area contributed by atoms with E-state index in [2.05, 4.69) is 20.6 Å². The fraction of sp³-hybridized carbons (Fsp3) is 0.381. The minimum Gasteiger partial charge on any atom is -0.390 e. The maximum atomic E-state index is 12.6. The van der Waals surface area contributed by atoms with Crippen LogP contribution in [0.4, 0.5) is 18.3 Å². The molecule has 4 N–H and O–H groups in total. The van der Waals surface area contributed by atoms with E-state index >= 15 is 0 Å². The summed E-state index contributed by atoms with van der Waals surface area (Å²) in [6.45, 7) is -0.0556. The summed E-state index contributed by atoms with van der Waals surface area (Å²) in [5.74, 6) is -0.300. The van der Waals surface area contributed by atoms with E-state index in [0.29, 0.717) is 45.8 Å². The lowest BCUT2D eigenvalue weighted by Crippen LogP contribution is -2.45. The summed E-state index contributed by atoms with van der Waals surface area (Å²) >= 11 is 2.51. The summed E-state index contributed by atoms with van der Waals surface area (Å²) in [4.78, 5) is 21.7. The Bertz CT molecular complexity index is 1110. The summed E-state index contributed by atoms with van der Waals surface area (Å²) in [6.07, 6.45) is -3.08. The second-order valence-electron chi connectivity index (χ2n) is 7.67. The molecule has 1 aromatic carbocycles. The van der Waals surface area contributed by atoms with Gasteiger partial charge in [-0.25, -0.2) is 9.97 Å². The monoisotopic (exact) mass is 498 g/mol. The zero-order chi connectivity index (χ0) is 23.6. The number of aliphatic hydroxyl groups is 2. The van der Waals surface area contributed by atoms with Gasteiger partial charge in [-0.1, -0.05) is 12.1 Å². The normalized spacial score (nSPS) is 18.2. The minimum atomic E-state index is -4.34. The number of hydrogen-bond donors (Lipinski definition) is 4. The number of anilines is 1. The van der Waals surface area contributed by atoms with Crippen molar-refractivity contribution in [1.82, 2.24) is 15.3 Å². The van der Waals surface area contributed by atoms with Crippen LogP contribution in [-0.4, -0.2) is 32.1 Å². The summed E-state index contributed by atoms with van der Waals surface area (Å²) in [5, 5.41) is 27.5. The molecule has 1 aliphatic rings. The van der Waals surface area contributed by atoms with Gasteiger partial charge in [0.1, 0.15) is 5.01 Å². The first-order chi connectivity index (χ1) is 15.8. The van der Waals surface area contributed by atoms with Crippen LogP contribution in [0, 0.1) is 5.92 Å². The van der Waals surface area contributed by atoms with Crippen LogP contribution in [0.2, 0.25) is 0 Å². The van der Waals surface area contributed by atoms with E-state index in [1.54, 1.807) is 5.38 Å². The van der Waals surface area contributed by atoms with E-state index in [-0.39, 0.29) is 31.1 Å². The number of rotatable bonds is 8. The number of nitrogens with one attached hydrogen (secondary N) is 2. The molecular weight excluding hydrogens is 477 g/mol. The zero-order valence-corrected chi connectivity index (χ0v) is 18.9. The third-order valence-electron chi connectivity index (χ3n) is 5.38. The molecule has 1 saturated carbocycles. The van der Waals surface area contributed by atoms with Gasteiger partial charge in [0.05, 0.1) is 35.0 Å². The number of carbonyl (C=O) groups excluding carboxylic acids is 1. The first-order valence-electron chi connectivity index (χ1n) is 10.1. The molecule has 12 heteroatoms. The van der Waals surface area contributed by atoms with Crippen LogP contribution in [0.5, 0.6) is 0 Å². The van der Waals surface area contributed by atoms with Gasteiger partial charge in [0.15, 0.2) is 5.13 Å². The molecule has 4 rings (SSSR count). The third-order valence-corrected chi connectivity index (χ3v) is 7.24. The molecule has 0 aliphatic heterocycles. The Kier molecular flexibility index (Phi) is 7.10. The molecule has 7 nitrogen and oxygen atoms in total. The van der Waals surface area contributed by atoms with E-state index in [1.165, 1.54) is 34.8 Å². The van der Waals surface area contributed by atoms with Gasteiger partial charge in [-0.05, 0) is 30.5 Å². The highest BCUT2D eigenvalue weighted by atomic mass is 32.1. The molecule has 1 amide bonds. The average molecular weight is 499 g/mol. The third kappa shape index (κ3) is 5.58. The number of benzene rings is 1. The lowest BCUT2D eigenvalue weighted by molar-refractivity contribution is -0.137. The van der Waals surface area contributed by atoms with Gasteiger partial charge in [0.2, 0.25) is 5.91 Å². The highest BCUT2D eigenvalue weighted by Gasteiger charge is 2.34. The quantitative estimate of drug-likeness (QED) is 0.377. The molecule has 0 bridgehead atoms. The number of halogens is 3. The predicted molar refractivity (Wildman–Crippen MR) is 118 cm³/mol. The Balaban J connectivity index is 1.25. The number of hydrogen-bond acceptors (Lipinski definition) is 8. The Labute approximate surface area is 195 Å². The van der Waals surface area contributed by atoms with Crippen LogP contribution in [-0.2, 0) is 30.7 Å². The summed E-state index contributed by atoms with van der Waals surface area (Å²) in [7, 11) is 0. The maximum absolute atomic E-state index is 12.6. The number of alkyl halides is 3. The number of aromatic nitrogens is 2. The van der Waals surface area contributed by atoms with Crippen molar-refractivity contribution < 1.29 is 28.2 Å². The molecule has 33 heavy (non-hydrogen) atoms. The Morgan fingerprint density at radius 2 is 1.85 bits per heavy atom. The maximum Gasteiger partial charge on any atom is 0.416 e. The second-order valence-corrected chi connectivity index (χ2v) is 9.61. The SMILES string of the molecule is O=C(Nc1nc(-c2sc(CO)nc2CO)cs1)[C@H]1C[C@@H](NCc2ccc(C(F)(F)F)cc2)C1. The molecule has 176 valence electrons. The molecule has 1 aliphatic carbocycles. The molecule has 0 spiro atoms. The Morgan fingerprint density at radius 1 is 1.12 bits per heavy atom. The Hall–Kier alpha value is -2.38. The van der Waals surface area contributed by atoms with Crippen LogP contribution in [0.3, 0.4) is 0 Å². The fourth-order valence-corrected chi connectivity index (χ4v) is 5.16. The number of thiazole rings is 2. The number of nitrogens with zero attached hydrogens (tertiary/aromatic N) is 2. The van der Waals surface area contributed by atoms with Crippen molar-refractivity contribution in [1.29, 1.82) is 0 Å². The first kappa shape index (κ1) is 23.8. The van der Waals surface area contributed by atoms with Crippen molar-refractivity contribution in [3.63, 3.8) is 0 Å². The van der Waals surface area contributed by atoms with Crippen molar-refractivity contribution >= 4 is 33.7 Å². The summed E-state index contributed by atoms with van der Waals surface area (Å²) in [5.41, 5.74) is 1.10. The van der Waals surface area contributed by atoms with Crippen LogP contribution in [0.25, 0.3) is 10.6 Å². The fourth-order valence-electron chi connectivity index (χ4n) is 3.49. The zero-order valence-electron chi connectivity index (χ0n) is 17.2. The highest BCUT2D eigenvalue weighted by Crippen LogP contribution is 2.34. The number of aliphatic hydroxyl groups excluding tert-OH is 2. The van der Waals surface area contributed by atoms with Crippen LogP contribution in [0.1, 0.15) is 34.7 Å². The second kappa shape index (κ2) is 9.85. The van der Waals surface area contributed by atoms with Crippen molar-refractivity contribution in [2.75, 3.05) is 5.32 Å². The average Bonchev–Trinajstić information content (AvgIpc) is 3.38. The number of amides is 1. The van der Waals surface area contributed by atoms with Gasteiger partial charge in [0.25, 0.3) is 0 Å². The lowest BCUT2D eigenvalue weighted by Gasteiger charge is -2.34. The van der Waals surface area contributed by atoms with Crippen molar-refractivity contribution in [2.45, 2.75) is 44.8 Å². The van der Waals surface area contributed by atoms with E-state index in [1.807, 2.05) is 0 Å². The molecule has 2 heterocycles. The van der Waals surface area contributed by atoms with Gasteiger partial charge < -0.3 is 20.8 Å². The van der Waals surface area contributed by atoms with Crippen molar-refractivity contribution in [3.05, 3.63) is 51.5 Å². The van der Waals surface area contributed by atoms with Crippen molar-refractivity contribution in [3.8, 4) is 10.6 Å². The minimum absolute atomic E-state index is 0.121. The van der Waals surface area contributed by atoms with Crippen LogP contribution >= 0.6 is 22.7 Å². The van der Waals surface area contributed by atoms with Gasteiger partial charge in [0, 0.05) is 23.9 Å². The largest absolute Gasteiger partial charge is 0.416 e. The van der Waals surface area contributed by atoms with E-state index in [0.717, 1.165) is 17.7 Å². The summed E-state index contributed by atoms with van der Waals surface area (Å²) < 4.78 is 37.9. The van der Waals surface area contributed by atoms with Crippen molar-refractivity contribution in [2.24, 2.45) is 5.92 Å². The van der Waals surface area contributed by atoms with Crippen LogP contribution in [0.15, 0.2) is 29.6 Å². The van der Waals surface area contributed by atoms with Gasteiger partial charge in [-0.15, -0.1) is 22.7 Å². The van der Waals surface area contributed by atoms with E-state index in [4.69, 9.17) is 0 Å². The van der Waals surface area contributed by atoms with E-state index < -0.39 is 11.7 Å². The molecule has 0 radical (unpaired) electrons. The topological polar surface area (TPSA) is 107 Å². The van der Waals surface area contributed by atoms with E-state index in [9.17, 15) is 28.2 Å². The van der Waals surface area contributed by atoms with Gasteiger partial charge in [-0.2, -0.15) is 13.2 Å². The van der Waals surface area contributed by atoms with Crippen LogP contribution < -0.4 is 10.6 Å². The Morgan fingerprint density at radius 3 is 2.48 bits per heavy atom. The summed E-state index contributed by atoms with van der Waals surface area (Å²) in [6, 6.07) is 5.16.